The molecule has 0 atom stereocenters. The van der Waals surface area contributed by atoms with Crippen LogP contribution in [0.4, 0.5) is 10.1 Å². The molecule has 3 heteroatoms. The summed E-state index contributed by atoms with van der Waals surface area (Å²) in [7, 11) is 0. The Hall–Kier alpha value is -1.38. The van der Waals surface area contributed by atoms with Gasteiger partial charge < -0.3 is 9.69 Å². The fourth-order valence-corrected chi connectivity index (χ4v) is 3.20. The first-order valence-corrected chi connectivity index (χ1v) is 7.66. The molecule has 1 aromatic rings. The zero-order valence-corrected chi connectivity index (χ0v) is 12.3. The maximum absolute atomic E-state index is 14.0. The zero-order valence-electron chi connectivity index (χ0n) is 12.3. The van der Waals surface area contributed by atoms with Gasteiger partial charge in [0.2, 0.25) is 0 Å². The van der Waals surface area contributed by atoms with Crippen LogP contribution in [0.25, 0.3) is 0 Å². The van der Waals surface area contributed by atoms with E-state index in [1.54, 1.807) is 12.1 Å². The third kappa shape index (κ3) is 3.38. The van der Waals surface area contributed by atoms with E-state index >= 15 is 0 Å². The van der Waals surface area contributed by atoms with Crippen LogP contribution >= 0.6 is 0 Å². The van der Waals surface area contributed by atoms with E-state index in [2.05, 4.69) is 0 Å². The Labute approximate surface area is 121 Å². The van der Waals surface area contributed by atoms with E-state index in [1.807, 2.05) is 17.9 Å². The van der Waals surface area contributed by atoms with Crippen LogP contribution in [-0.4, -0.2) is 19.4 Å². The number of rotatable bonds is 5. The monoisotopic (exact) mass is 277 g/mol. The number of hydrogen-bond donors (Lipinski definition) is 0. The highest BCUT2D eigenvalue weighted by atomic mass is 19.1. The van der Waals surface area contributed by atoms with E-state index in [-0.39, 0.29) is 11.2 Å². The molecule has 20 heavy (non-hydrogen) atoms. The summed E-state index contributed by atoms with van der Waals surface area (Å²) in [6.45, 7) is 3.37. The number of aldehydes is 1. The topological polar surface area (TPSA) is 20.3 Å². The van der Waals surface area contributed by atoms with Crippen LogP contribution in [0.2, 0.25) is 0 Å². The minimum Gasteiger partial charge on any atom is -0.368 e. The second-order valence-electron chi connectivity index (χ2n) is 5.86. The van der Waals surface area contributed by atoms with E-state index in [4.69, 9.17) is 0 Å². The lowest BCUT2D eigenvalue weighted by Crippen LogP contribution is -2.39. The number of halogens is 1. The zero-order chi connectivity index (χ0) is 14.4. The maximum Gasteiger partial charge on any atom is 0.146 e. The van der Waals surface area contributed by atoms with Crippen molar-refractivity contribution in [1.29, 1.82) is 0 Å². The number of nitrogens with zero attached hydrogens (tertiary/aromatic N) is 1. The van der Waals surface area contributed by atoms with Crippen molar-refractivity contribution in [2.75, 3.05) is 18.0 Å². The minimum atomic E-state index is -0.297. The lowest BCUT2D eigenvalue weighted by atomic mass is 9.81. The highest BCUT2D eigenvalue weighted by Gasteiger charge is 2.33. The summed E-state index contributed by atoms with van der Waals surface area (Å²) in [4.78, 5) is 13.7. The molecule has 1 aliphatic carbocycles. The Morgan fingerprint density at radius 3 is 2.40 bits per heavy atom. The molecular formula is C17H24FNO. The van der Waals surface area contributed by atoms with Gasteiger partial charge in [0.15, 0.2) is 0 Å². The van der Waals surface area contributed by atoms with Crippen molar-refractivity contribution in [3.05, 3.63) is 30.1 Å². The molecule has 1 aliphatic rings. The van der Waals surface area contributed by atoms with Gasteiger partial charge in [-0.3, -0.25) is 0 Å². The van der Waals surface area contributed by atoms with E-state index in [1.165, 1.54) is 18.9 Å². The van der Waals surface area contributed by atoms with Gasteiger partial charge in [-0.1, -0.05) is 37.8 Å². The van der Waals surface area contributed by atoms with Crippen molar-refractivity contribution in [3.63, 3.8) is 0 Å². The summed E-state index contributed by atoms with van der Waals surface area (Å²) < 4.78 is 14.0. The standard InChI is InChI=1S/C17H24FNO/c1-2-19(16-10-6-5-9-15(16)18)13-17(14-20)11-7-3-4-8-12-17/h5-6,9-10,14H,2-4,7-8,11-13H2,1H3. The number of anilines is 1. The molecular weight excluding hydrogens is 253 g/mol. The molecule has 0 N–H and O–H groups in total. The minimum absolute atomic E-state index is 0.205. The number of para-hydroxylation sites is 1. The number of benzene rings is 1. The molecule has 1 fully saturated rings. The van der Waals surface area contributed by atoms with Crippen molar-refractivity contribution < 1.29 is 9.18 Å². The summed E-state index contributed by atoms with van der Waals surface area (Å²) >= 11 is 0. The number of hydrogen-bond acceptors (Lipinski definition) is 2. The normalized spacial score (nSPS) is 18.3. The Bertz CT molecular complexity index is 438. The molecule has 0 heterocycles. The fraction of sp³-hybridized carbons (Fsp3) is 0.588. The maximum atomic E-state index is 14.0. The Kier molecular flexibility index (Phi) is 5.16. The molecule has 0 spiro atoms. The van der Waals surface area contributed by atoms with Crippen LogP contribution in [0.15, 0.2) is 24.3 Å². The van der Waals surface area contributed by atoms with Crippen LogP contribution < -0.4 is 4.90 Å². The molecule has 1 aromatic carbocycles. The van der Waals surface area contributed by atoms with Crippen molar-refractivity contribution in [3.8, 4) is 0 Å². The summed E-state index contributed by atoms with van der Waals surface area (Å²) in [5.74, 6) is -0.205. The predicted octanol–water partition coefficient (Wildman–Crippen LogP) is 4.19. The van der Waals surface area contributed by atoms with Gasteiger partial charge in [-0.25, -0.2) is 4.39 Å². The number of carbonyl (C=O) groups excluding carboxylic acids is 1. The average molecular weight is 277 g/mol. The van der Waals surface area contributed by atoms with Gasteiger partial charge in [0.25, 0.3) is 0 Å². The van der Waals surface area contributed by atoms with Gasteiger partial charge in [0, 0.05) is 18.5 Å². The predicted molar refractivity (Wildman–Crippen MR) is 80.5 cm³/mol. The average Bonchev–Trinajstić information content (AvgIpc) is 2.72. The second-order valence-corrected chi connectivity index (χ2v) is 5.86. The molecule has 110 valence electrons. The summed E-state index contributed by atoms with van der Waals surface area (Å²) in [5.41, 5.74) is 0.315. The van der Waals surface area contributed by atoms with Crippen LogP contribution in [0, 0.1) is 11.2 Å². The van der Waals surface area contributed by atoms with Crippen molar-refractivity contribution >= 4 is 12.0 Å². The van der Waals surface area contributed by atoms with Gasteiger partial charge in [-0.15, -0.1) is 0 Å². The molecule has 0 amide bonds. The van der Waals surface area contributed by atoms with E-state index in [0.29, 0.717) is 12.2 Å². The highest BCUT2D eigenvalue weighted by molar-refractivity contribution is 5.62. The Morgan fingerprint density at radius 2 is 1.85 bits per heavy atom. The SMILES string of the molecule is CCN(CC1(C=O)CCCCCC1)c1ccccc1F. The van der Waals surface area contributed by atoms with Gasteiger partial charge in [0.05, 0.1) is 5.69 Å². The van der Waals surface area contributed by atoms with Crippen molar-refractivity contribution in [1.82, 2.24) is 0 Å². The molecule has 0 aromatic heterocycles. The molecule has 0 radical (unpaired) electrons. The molecule has 0 bridgehead atoms. The van der Waals surface area contributed by atoms with Crippen LogP contribution in [0.1, 0.15) is 45.4 Å². The first-order valence-electron chi connectivity index (χ1n) is 7.66. The quantitative estimate of drug-likeness (QED) is 0.594. The molecule has 2 nitrogen and oxygen atoms in total. The number of carbonyl (C=O) groups is 1. The first-order chi connectivity index (χ1) is 9.71. The lowest BCUT2D eigenvalue weighted by Gasteiger charge is -2.34. The van der Waals surface area contributed by atoms with E-state index in [0.717, 1.165) is 38.5 Å². The third-order valence-corrected chi connectivity index (χ3v) is 4.43. The third-order valence-electron chi connectivity index (χ3n) is 4.43. The van der Waals surface area contributed by atoms with Crippen LogP contribution in [0.5, 0.6) is 0 Å². The smallest absolute Gasteiger partial charge is 0.146 e. The largest absolute Gasteiger partial charge is 0.368 e. The molecule has 0 aliphatic heterocycles. The molecule has 1 saturated carbocycles. The van der Waals surface area contributed by atoms with Crippen molar-refractivity contribution in [2.45, 2.75) is 45.4 Å². The lowest BCUT2D eigenvalue weighted by molar-refractivity contribution is -0.116. The van der Waals surface area contributed by atoms with Gasteiger partial charge in [-0.2, -0.15) is 0 Å². The molecule has 0 unspecified atom stereocenters. The van der Waals surface area contributed by atoms with Crippen molar-refractivity contribution in [2.24, 2.45) is 5.41 Å². The van der Waals surface area contributed by atoms with Crippen LogP contribution in [-0.2, 0) is 4.79 Å². The van der Waals surface area contributed by atoms with Crippen LogP contribution in [0.3, 0.4) is 0 Å². The van der Waals surface area contributed by atoms with Gasteiger partial charge in [0.1, 0.15) is 12.1 Å². The fourth-order valence-electron chi connectivity index (χ4n) is 3.20. The molecule has 2 rings (SSSR count). The Balaban J connectivity index is 2.19. The summed E-state index contributed by atoms with van der Waals surface area (Å²) in [6.07, 6.45) is 7.62. The second kappa shape index (κ2) is 6.87. The Morgan fingerprint density at radius 1 is 1.20 bits per heavy atom. The molecule has 0 saturated heterocycles. The summed E-state index contributed by atoms with van der Waals surface area (Å²) in [5, 5.41) is 0. The van der Waals surface area contributed by atoms with E-state index in [9.17, 15) is 9.18 Å². The van der Waals surface area contributed by atoms with E-state index < -0.39 is 0 Å². The van der Waals surface area contributed by atoms with Gasteiger partial charge >= 0.3 is 0 Å². The highest BCUT2D eigenvalue weighted by Crippen LogP contribution is 2.35. The summed E-state index contributed by atoms with van der Waals surface area (Å²) in [6, 6.07) is 6.84. The van der Waals surface area contributed by atoms with Gasteiger partial charge in [-0.05, 0) is 31.9 Å². The first kappa shape index (κ1) is 15.0.